The van der Waals surface area contributed by atoms with Gasteiger partial charge in [-0.2, -0.15) is 0 Å². The first-order chi connectivity index (χ1) is 7.34. The maximum absolute atomic E-state index is 3.43. The Bertz CT molecular complexity index is 280. The molecule has 15 heavy (non-hydrogen) atoms. The fraction of sp³-hybridized carbons (Fsp3) is 0.538. The highest BCUT2D eigenvalue weighted by atomic mass is 15.1. The Kier molecular flexibility index (Phi) is 3.62. The molecule has 2 heteroatoms. The van der Waals surface area contributed by atoms with E-state index in [4.69, 9.17) is 0 Å². The quantitative estimate of drug-likeness (QED) is 0.765. The van der Waals surface area contributed by atoms with E-state index >= 15 is 0 Å². The highest BCUT2D eigenvalue weighted by molar-refractivity contribution is 5.42. The van der Waals surface area contributed by atoms with Crippen molar-refractivity contribution in [3.8, 4) is 0 Å². The number of nitrogens with zero attached hydrogens (tertiary/aromatic N) is 1. The normalized spacial score (nSPS) is 15.6. The number of nitrogens with one attached hydrogen (secondary N) is 1. The van der Waals surface area contributed by atoms with Gasteiger partial charge in [0.25, 0.3) is 0 Å². The molecule has 0 bridgehead atoms. The van der Waals surface area contributed by atoms with Crippen molar-refractivity contribution in [2.24, 2.45) is 5.92 Å². The lowest BCUT2D eigenvalue weighted by Crippen LogP contribution is -2.27. The first kappa shape index (κ1) is 10.5. The molecular weight excluding hydrogens is 184 g/mol. The Morgan fingerprint density at radius 2 is 2.00 bits per heavy atom. The van der Waals surface area contributed by atoms with Crippen molar-refractivity contribution in [3.05, 3.63) is 30.3 Å². The summed E-state index contributed by atoms with van der Waals surface area (Å²) in [4.78, 5) is 2.42. The van der Waals surface area contributed by atoms with Crippen LogP contribution in [0.3, 0.4) is 0 Å². The van der Waals surface area contributed by atoms with E-state index in [2.05, 4.69) is 41.5 Å². The lowest BCUT2D eigenvalue weighted by atomic mass is 10.3. The van der Waals surface area contributed by atoms with Crippen LogP contribution in [0.1, 0.15) is 12.8 Å². The van der Waals surface area contributed by atoms with Crippen LogP contribution < -0.4 is 5.32 Å². The molecule has 2 rings (SSSR count). The van der Waals surface area contributed by atoms with E-state index in [1.807, 2.05) is 6.07 Å². The molecule has 0 atom stereocenters. The molecule has 0 unspecified atom stereocenters. The standard InChI is InChI=1S/C13H20N2/c1-15(11-12-7-8-12)10-9-14-13-5-3-2-4-6-13/h2-6,12,14H,7-11H2,1H3. The van der Waals surface area contributed by atoms with Gasteiger partial charge in [-0.3, -0.25) is 0 Å². The summed E-state index contributed by atoms with van der Waals surface area (Å²) < 4.78 is 0. The monoisotopic (exact) mass is 204 g/mol. The molecule has 82 valence electrons. The second-order valence-electron chi connectivity index (χ2n) is 4.50. The summed E-state index contributed by atoms with van der Waals surface area (Å²) in [5.41, 5.74) is 1.22. The molecular formula is C13H20N2. The van der Waals surface area contributed by atoms with Crippen molar-refractivity contribution in [1.29, 1.82) is 0 Å². The molecule has 1 aliphatic rings. The van der Waals surface area contributed by atoms with Gasteiger partial charge in [0.05, 0.1) is 0 Å². The van der Waals surface area contributed by atoms with Gasteiger partial charge in [-0.05, 0) is 37.9 Å². The fourth-order valence-electron chi connectivity index (χ4n) is 1.78. The molecule has 1 aromatic carbocycles. The van der Waals surface area contributed by atoms with Crippen LogP contribution in [0.4, 0.5) is 5.69 Å². The van der Waals surface area contributed by atoms with Gasteiger partial charge >= 0.3 is 0 Å². The van der Waals surface area contributed by atoms with Crippen molar-refractivity contribution >= 4 is 5.69 Å². The highest BCUT2D eigenvalue weighted by Crippen LogP contribution is 2.29. The van der Waals surface area contributed by atoms with Gasteiger partial charge in [-0.15, -0.1) is 0 Å². The van der Waals surface area contributed by atoms with Crippen LogP contribution >= 0.6 is 0 Å². The Morgan fingerprint density at radius 1 is 1.27 bits per heavy atom. The zero-order valence-electron chi connectivity index (χ0n) is 9.45. The van der Waals surface area contributed by atoms with Crippen LogP contribution in [-0.2, 0) is 0 Å². The average molecular weight is 204 g/mol. The molecule has 1 fully saturated rings. The summed E-state index contributed by atoms with van der Waals surface area (Å²) in [6, 6.07) is 10.4. The molecule has 0 amide bonds. The van der Waals surface area contributed by atoms with Crippen molar-refractivity contribution in [2.75, 3.05) is 32.0 Å². The van der Waals surface area contributed by atoms with E-state index in [9.17, 15) is 0 Å². The maximum atomic E-state index is 3.43. The van der Waals surface area contributed by atoms with E-state index in [-0.39, 0.29) is 0 Å². The first-order valence-corrected chi connectivity index (χ1v) is 5.82. The SMILES string of the molecule is CN(CCNc1ccccc1)CC1CC1. The van der Waals surface area contributed by atoms with Crippen LogP contribution in [0.5, 0.6) is 0 Å². The Labute approximate surface area is 92.3 Å². The number of hydrogen-bond acceptors (Lipinski definition) is 2. The predicted molar refractivity (Wildman–Crippen MR) is 65.2 cm³/mol. The van der Waals surface area contributed by atoms with Crippen LogP contribution in [0.15, 0.2) is 30.3 Å². The topological polar surface area (TPSA) is 15.3 Å². The Balaban J connectivity index is 1.61. The molecule has 2 nitrogen and oxygen atoms in total. The fourth-order valence-corrected chi connectivity index (χ4v) is 1.78. The van der Waals surface area contributed by atoms with Gasteiger partial charge < -0.3 is 10.2 Å². The largest absolute Gasteiger partial charge is 0.384 e. The number of para-hydroxylation sites is 1. The molecule has 0 heterocycles. The number of anilines is 1. The van der Waals surface area contributed by atoms with Crippen LogP contribution in [-0.4, -0.2) is 31.6 Å². The summed E-state index contributed by atoms with van der Waals surface area (Å²) in [5, 5.41) is 3.43. The summed E-state index contributed by atoms with van der Waals surface area (Å²) in [6.45, 7) is 3.44. The van der Waals surface area contributed by atoms with Crippen LogP contribution in [0, 0.1) is 5.92 Å². The van der Waals surface area contributed by atoms with E-state index in [1.54, 1.807) is 0 Å². The molecule has 0 radical (unpaired) electrons. The van der Waals surface area contributed by atoms with Gasteiger partial charge in [0.15, 0.2) is 0 Å². The summed E-state index contributed by atoms with van der Waals surface area (Å²) in [5.74, 6) is 0.992. The van der Waals surface area contributed by atoms with Crippen molar-refractivity contribution in [3.63, 3.8) is 0 Å². The molecule has 0 aliphatic heterocycles. The number of likely N-dealkylation sites (N-methyl/N-ethyl adjacent to an activating group) is 1. The smallest absolute Gasteiger partial charge is 0.0340 e. The van der Waals surface area contributed by atoms with E-state index in [1.165, 1.54) is 25.1 Å². The van der Waals surface area contributed by atoms with Crippen LogP contribution in [0.2, 0.25) is 0 Å². The maximum Gasteiger partial charge on any atom is 0.0340 e. The molecule has 1 N–H and O–H groups in total. The lowest BCUT2D eigenvalue weighted by molar-refractivity contribution is 0.332. The third-order valence-corrected chi connectivity index (χ3v) is 2.86. The van der Waals surface area contributed by atoms with Crippen molar-refractivity contribution < 1.29 is 0 Å². The predicted octanol–water partition coefficient (Wildman–Crippen LogP) is 2.44. The Hall–Kier alpha value is -1.02. The molecule has 0 saturated heterocycles. The van der Waals surface area contributed by atoms with Crippen LogP contribution in [0.25, 0.3) is 0 Å². The minimum absolute atomic E-state index is 0.992. The summed E-state index contributed by atoms with van der Waals surface area (Å²) >= 11 is 0. The highest BCUT2D eigenvalue weighted by Gasteiger charge is 2.22. The van der Waals surface area contributed by atoms with Gasteiger partial charge in [0, 0.05) is 25.3 Å². The summed E-state index contributed by atoms with van der Waals surface area (Å²) in [7, 11) is 2.21. The second-order valence-corrected chi connectivity index (χ2v) is 4.50. The second kappa shape index (κ2) is 5.17. The van der Waals surface area contributed by atoms with E-state index in [0.29, 0.717) is 0 Å². The average Bonchev–Trinajstić information content (AvgIpc) is 3.03. The zero-order valence-corrected chi connectivity index (χ0v) is 9.45. The molecule has 0 aromatic heterocycles. The molecule has 1 aliphatic carbocycles. The number of hydrogen-bond donors (Lipinski definition) is 1. The first-order valence-electron chi connectivity index (χ1n) is 5.82. The van der Waals surface area contributed by atoms with E-state index < -0.39 is 0 Å². The van der Waals surface area contributed by atoms with Gasteiger partial charge in [0.2, 0.25) is 0 Å². The van der Waals surface area contributed by atoms with Crippen molar-refractivity contribution in [1.82, 2.24) is 4.90 Å². The Morgan fingerprint density at radius 3 is 2.67 bits per heavy atom. The molecule has 0 spiro atoms. The minimum Gasteiger partial charge on any atom is -0.384 e. The lowest BCUT2D eigenvalue weighted by Gasteiger charge is -2.16. The third kappa shape index (κ3) is 3.92. The molecule has 1 aromatic rings. The van der Waals surface area contributed by atoms with Gasteiger partial charge in [0.1, 0.15) is 0 Å². The minimum atomic E-state index is 0.992. The van der Waals surface area contributed by atoms with Gasteiger partial charge in [-0.1, -0.05) is 18.2 Å². The molecule has 1 saturated carbocycles. The number of rotatable bonds is 6. The number of benzene rings is 1. The van der Waals surface area contributed by atoms with E-state index in [0.717, 1.165) is 19.0 Å². The van der Waals surface area contributed by atoms with Gasteiger partial charge in [-0.25, -0.2) is 0 Å². The third-order valence-electron chi connectivity index (χ3n) is 2.86. The van der Waals surface area contributed by atoms with Crippen molar-refractivity contribution in [2.45, 2.75) is 12.8 Å². The summed E-state index contributed by atoms with van der Waals surface area (Å²) in [6.07, 6.45) is 2.88. The zero-order chi connectivity index (χ0) is 10.5.